The Bertz CT molecular complexity index is 1000. The third-order valence-corrected chi connectivity index (χ3v) is 5.64. The van der Waals surface area contributed by atoms with Gasteiger partial charge in [-0.15, -0.1) is 0 Å². The molecule has 0 aromatic heterocycles. The van der Waals surface area contributed by atoms with Crippen LogP contribution < -0.4 is 0 Å². The molecule has 0 aliphatic carbocycles. The van der Waals surface area contributed by atoms with E-state index in [0.717, 1.165) is 12.1 Å². The number of aryl methyl sites for hydroxylation is 1. The van der Waals surface area contributed by atoms with E-state index in [0.29, 0.717) is 6.07 Å². The highest BCUT2D eigenvalue weighted by atomic mass is 32.3. The average molecular weight is 384 g/mol. The second-order valence-electron chi connectivity index (χ2n) is 4.75. The minimum Gasteiger partial charge on any atom is -0.304 e. The van der Waals surface area contributed by atoms with Crippen LogP contribution >= 0.6 is 10.9 Å². The number of rotatable bonds is 3. The SMILES string of the molecule is Cc1cc(S(=O)(=O)O)c2cc(S(O)(O)O)cc(S(=O)(=O)O)c2c1. The van der Waals surface area contributed by atoms with Gasteiger partial charge in [-0.1, -0.05) is 0 Å². The Morgan fingerprint density at radius 1 is 0.696 bits per heavy atom. The van der Waals surface area contributed by atoms with E-state index in [1.807, 2.05) is 0 Å². The van der Waals surface area contributed by atoms with Crippen molar-refractivity contribution in [1.82, 2.24) is 0 Å². The van der Waals surface area contributed by atoms with Crippen molar-refractivity contribution in [2.75, 3.05) is 0 Å². The highest BCUT2D eigenvalue weighted by molar-refractivity contribution is 8.19. The minimum absolute atomic E-state index is 0.262. The second kappa shape index (κ2) is 5.39. The number of benzene rings is 2. The summed E-state index contributed by atoms with van der Waals surface area (Å²) in [5.74, 6) is 0. The largest absolute Gasteiger partial charge is 0.304 e. The monoisotopic (exact) mass is 384 g/mol. The lowest BCUT2D eigenvalue weighted by Crippen LogP contribution is -2.06. The van der Waals surface area contributed by atoms with Crippen LogP contribution in [0.5, 0.6) is 0 Å². The molecule has 0 aliphatic rings. The zero-order valence-electron chi connectivity index (χ0n) is 11.4. The van der Waals surface area contributed by atoms with Gasteiger partial charge in [0.25, 0.3) is 20.2 Å². The molecule has 0 saturated heterocycles. The van der Waals surface area contributed by atoms with Crippen molar-refractivity contribution >= 4 is 41.9 Å². The zero-order chi connectivity index (χ0) is 17.8. The van der Waals surface area contributed by atoms with Crippen molar-refractivity contribution in [2.45, 2.75) is 21.6 Å². The maximum Gasteiger partial charge on any atom is 0.295 e. The number of hydrogen-bond acceptors (Lipinski definition) is 7. The molecule has 9 nitrogen and oxygen atoms in total. The summed E-state index contributed by atoms with van der Waals surface area (Å²) in [7, 11) is -14.1. The molecule has 0 unspecified atom stereocenters. The highest BCUT2D eigenvalue weighted by Gasteiger charge is 2.26. The summed E-state index contributed by atoms with van der Waals surface area (Å²) in [5.41, 5.74) is 0.262. The van der Waals surface area contributed by atoms with Crippen molar-refractivity contribution in [3.8, 4) is 0 Å². The average Bonchev–Trinajstić information content (AvgIpc) is 2.32. The van der Waals surface area contributed by atoms with E-state index >= 15 is 0 Å². The standard InChI is InChI=1S/C11H12O9S3/c1-6-2-8-9(10(3-6)22(15,16)17)4-7(21(12,13)14)5-11(8)23(18,19)20/h2-5,12-14H,1H3,(H,15,16,17)(H,18,19,20). The molecule has 5 N–H and O–H groups in total. The summed E-state index contributed by atoms with van der Waals surface area (Å²) in [6.07, 6.45) is 0. The third kappa shape index (κ3) is 3.64. The van der Waals surface area contributed by atoms with Crippen LogP contribution in [0.2, 0.25) is 0 Å². The van der Waals surface area contributed by atoms with Gasteiger partial charge >= 0.3 is 0 Å². The summed E-state index contributed by atoms with van der Waals surface area (Å²) in [4.78, 5) is -2.28. The predicted octanol–water partition coefficient (Wildman–Crippen LogP) is 2.22. The van der Waals surface area contributed by atoms with Gasteiger partial charge < -0.3 is 13.7 Å². The second-order valence-corrected chi connectivity index (χ2v) is 9.04. The van der Waals surface area contributed by atoms with E-state index in [1.54, 1.807) is 0 Å². The summed E-state index contributed by atoms with van der Waals surface area (Å²) in [6.45, 7) is 1.43. The molecule has 0 atom stereocenters. The normalized spacial score (nSPS) is 14.2. The van der Waals surface area contributed by atoms with Gasteiger partial charge in [0.15, 0.2) is 0 Å². The van der Waals surface area contributed by atoms with Crippen LogP contribution in [0.1, 0.15) is 5.56 Å². The van der Waals surface area contributed by atoms with Crippen LogP contribution in [0.4, 0.5) is 0 Å². The first-order valence-electron chi connectivity index (χ1n) is 5.75. The number of hydrogen-bond donors (Lipinski definition) is 5. The first kappa shape index (κ1) is 18.1. The fraction of sp³-hybridized carbons (Fsp3) is 0.0909. The molecule has 0 saturated carbocycles. The Morgan fingerprint density at radius 2 is 1.13 bits per heavy atom. The highest BCUT2D eigenvalue weighted by Crippen LogP contribution is 2.46. The quantitative estimate of drug-likeness (QED) is 0.498. The van der Waals surface area contributed by atoms with E-state index < -0.39 is 51.2 Å². The summed E-state index contributed by atoms with van der Waals surface area (Å²) >= 11 is 0. The topological polar surface area (TPSA) is 169 Å². The molecule has 0 radical (unpaired) electrons. The Morgan fingerprint density at radius 3 is 1.57 bits per heavy atom. The minimum atomic E-state index is -4.89. The molecule has 2 aromatic rings. The van der Waals surface area contributed by atoms with E-state index in [1.165, 1.54) is 13.0 Å². The van der Waals surface area contributed by atoms with Gasteiger partial charge in [0.2, 0.25) is 0 Å². The summed E-state index contributed by atoms with van der Waals surface area (Å²) < 4.78 is 92.4. The van der Waals surface area contributed by atoms with E-state index in [4.69, 9.17) is 0 Å². The molecule has 0 fully saturated rings. The van der Waals surface area contributed by atoms with E-state index in [2.05, 4.69) is 0 Å². The Balaban J connectivity index is 3.16. The lowest BCUT2D eigenvalue weighted by atomic mass is 10.1. The van der Waals surface area contributed by atoms with Crippen molar-refractivity contribution < 1.29 is 39.6 Å². The van der Waals surface area contributed by atoms with E-state index in [9.17, 15) is 39.6 Å². The first-order valence-corrected chi connectivity index (χ1v) is 10.1. The molecule has 0 aliphatic heterocycles. The molecular formula is C11H12O9S3. The zero-order valence-corrected chi connectivity index (χ0v) is 13.9. The molecule has 2 rings (SSSR count). The van der Waals surface area contributed by atoms with Crippen molar-refractivity contribution in [1.29, 1.82) is 0 Å². The van der Waals surface area contributed by atoms with Gasteiger partial charge in [-0.3, -0.25) is 9.11 Å². The Labute approximate surface area is 133 Å². The predicted molar refractivity (Wildman–Crippen MR) is 82.1 cm³/mol. The van der Waals surface area contributed by atoms with Crippen LogP contribution in [0, 0.1) is 6.92 Å². The molecule has 12 heteroatoms. The maximum absolute atomic E-state index is 11.5. The van der Waals surface area contributed by atoms with Crippen LogP contribution in [-0.4, -0.2) is 39.6 Å². The summed E-state index contributed by atoms with van der Waals surface area (Å²) in [6, 6.07) is 3.67. The lowest BCUT2D eigenvalue weighted by Gasteiger charge is -2.21. The molecular weight excluding hydrogens is 372 g/mol. The Kier molecular flexibility index (Phi) is 4.24. The molecule has 128 valence electrons. The fourth-order valence-electron chi connectivity index (χ4n) is 2.09. The molecule has 0 heterocycles. The van der Waals surface area contributed by atoms with Crippen molar-refractivity contribution in [3.63, 3.8) is 0 Å². The van der Waals surface area contributed by atoms with Crippen LogP contribution in [0.15, 0.2) is 39.0 Å². The van der Waals surface area contributed by atoms with Crippen LogP contribution in [0.3, 0.4) is 0 Å². The number of fused-ring (bicyclic) bond motifs is 1. The molecule has 2 aromatic carbocycles. The van der Waals surface area contributed by atoms with Crippen molar-refractivity contribution in [2.24, 2.45) is 0 Å². The van der Waals surface area contributed by atoms with Crippen LogP contribution in [-0.2, 0) is 20.2 Å². The van der Waals surface area contributed by atoms with E-state index in [-0.39, 0.29) is 10.9 Å². The van der Waals surface area contributed by atoms with Gasteiger partial charge in [0, 0.05) is 10.8 Å². The molecule has 0 spiro atoms. The van der Waals surface area contributed by atoms with Gasteiger partial charge in [-0.2, -0.15) is 16.8 Å². The molecule has 23 heavy (non-hydrogen) atoms. The van der Waals surface area contributed by atoms with Gasteiger partial charge in [0.05, 0.1) is 4.90 Å². The van der Waals surface area contributed by atoms with Crippen molar-refractivity contribution in [3.05, 3.63) is 29.8 Å². The van der Waals surface area contributed by atoms with Gasteiger partial charge in [-0.05, 0) is 36.8 Å². The van der Waals surface area contributed by atoms with Gasteiger partial charge in [0.1, 0.15) is 20.7 Å². The molecule has 0 amide bonds. The first-order chi connectivity index (χ1) is 10.2. The fourth-order valence-corrected chi connectivity index (χ4v) is 4.22. The lowest BCUT2D eigenvalue weighted by molar-refractivity contribution is 0.376. The smallest absolute Gasteiger partial charge is 0.295 e. The third-order valence-electron chi connectivity index (χ3n) is 2.98. The summed E-state index contributed by atoms with van der Waals surface area (Å²) in [5, 5.41) is -0.676. The molecule has 0 bridgehead atoms. The maximum atomic E-state index is 11.5. The van der Waals surface area contributed by atoms with Crippen LogP contribution in [0.25, 0.3) is 10.8 Å². The van der Waals surface area contributed by atoms with Gasteiger partial charge in [-0.25, -0.2) is 0 Å². The Hall–Kier alpha value is -1.25.